The zero-order valence-electron chi connectivity index (χ0n) is 12.7. The fourth-order valence-corrected chi connectivity index (χ4v) is 2.84. The van der Waals surface area contributed by atoms with Crippen molar-refractivity contribution in [3.05, 3.63) is 41.0 Å². The normalized spacial score (nSPS) is 12.1. The molecule has 0 aliphatic heterocycles. The minimum absolute atomic E-state index is 0.651. The van der Waals surface area contributed by atoms with Gasteiger partial charge in [0.05, 0.1) is 0 Å². The molecule has 0 saturated carbocycles. The van der Waals surface area contributed by atoms with Crippen molar-refractivity contribution in [2.24, 2.45) is 0 Å². The van der Waals surface area contributed by atoms with Crippen LogP contribution in [0.2, 0.25) is 0 Å². The topological polar surface area (TPSA) is 17.1 Å². The molecule has 0 aromatic heterocycles. The Kier molecular flexibility index (Phi) is 9.45. The molecule has 3 heteroatoms. The summed E-state index contributed by atoms with van der Waals surface area (Å²) in [6.07, 6.45) is 6.64. The molecule has 1 rings (SSSR count). The number of hydrogen-bond donors (Lipinski definition) is 0. The summed E-state index contributed by atoms with van der Waals surface area (Å²) in [6, 6.07) is 8.27. The number of alkyl halides is 2. The molecule has 0 amide bonds. The maximum atomic E-state index is 11.5. The molecule has 0 aliphatic rings. The van der Waals surface area contributed by atoms with Crippen LogP contribution in [0.25, 0.3) is 5.57 Å². The van der Waals surface area contributed by atoms with Crippen molar-refractivity contribution < 1.29 is 4.79 Å². The van der Waals surface area contributed by atoms with Crippen LogP contribution in [-0.2, 0) is 4.79 Å². The average Bonchev–Trinajstić information content (AvgIpc) is 2.50. The Balaban J connectivity index is 3.03. The van der Waals surface area contributed by atoms with Gasteiger partial charge >= 0.3 is 0 Å². The van der Waals surface area contributed by atoms with Gasteiger partial charge in [-0.2, -0.15) is 0 Å². The summed E-state index contributed by atoms with van der Waals surface area (Å²) in [5, 5.41) is 0. The third kappa shape index (κ3) is 6.23. The van der Waals surface area contributed by atoms with Crippen molar-refractivity contribution >= 4 is 35.1 Å². The summed E-state index contributed by atoms with van der Waals surface area (Å²) in [5.74, 6) is 1.32. The number of halogens is 2. The van der Waals surface area contributed by atoms with E-state index in [0.29, 0.717) is 11.8 Å². The number of aryl methyl sites for hydroxylation is 1. The van der Waals surface area contributed by atoms with Crippen LogP contribution in [0.15, 0.2) is 29.8 Å². The minimum atomic E-state index is 0.651. The second-order valence-electron chi connectivity index (χ2n) is 5.23. The van der Waals surface area contributed by atoms with Crippen molar-refractivity contribution in [1.82, 2.24) is 0 Å². The van der Waals surface area contributed by atoms with Gasteiger partial charge < -0.3 is 0 Å². The molecule has 0 radical (unpaired) electrons. The van der Waals surface area contributed by atoms with Crippen LogP contribution >= 0.6 is 23.2 Å². The predicted octanol–water partition coefficient (Wildman–Crippen LogP) is 5.77. The molecule has 0 bridgehead atoms. The van der Waals surface area contributed by atoms with Crippen molar-refractivity contribution in [2.45, 2.75) is 45.4 Å². The van der Waals surface area contributed by atoms with Gasteiger partial charge in [-0.15, -0.1) is 23.2 Å². The molecule has 0 unspecified atom stereocenters. The summed E-state index contributed by atoms with van der Waals surface area (Å²) in [5.41, 5.74) is 4.52. The largest absolute Gasteiger partial charge is 0.298 e. The van der Waals surface area contributed by atoms with Crippen LogP contribution in [0.4, 0.5) is 0 Å². The third-order valence-corrected chi connectivity index (χ3v) is 4.17. The molecule has 0 heterocycles. The fourth-order valence-electron chi connectivity index (χ4n) is 2.47. The van der Waals surface area contributed by atoms with Gasteiger partial charge in [0.2, 0.25) is 0 Å². The fraction of sp³-hybridized carbons (Fsp3) is 0.500. The van der Waals surface area contributed by atoms with Crippen molar-refractivity contribution in [1.29, 1.82) is 0 Å². The van der Waals surface area contributed by atoms with E-state index in [2.05, 4.69) is 19.1 Å². The van der Waals surface area contributed by atoms with Crippen LogP contribution in [0, 0.1) is 6.92 Å². The quantitative estimate of drug-likeness (QED) is 0.231. The van der Waals surface area contributed by atoms with Gasteiger partial charge in [0.15, 0.2) is 0 Å². The van der Waals surface area contributed by atoms with Crippen molar-refractivity contribution in [3.63, 3.8) is 0 Å². The van der Waals surface area contributed by atoms with Crippen LogP contribution in [-0.4, -0.2) is 18.0 Å². The zero-order valence-corrected chi connectivity index (χ0v) is 14.2. The molecule has 1 aromatic rings. The van der Waals surface area contributed by atoms with Gasteiger partial charge in [-0.05, 0) is 67.7 Å². The molecule has 0 fully saturated rings. The van der Waals surface area contributed by atoms with E-state index >= 15 is 0 Å². The molecule has 1 aromatic carbocycles. The molecular formula is C18H24Cl2O. The Labute approximate surface area is 138 Å². The lowest BCUT2D eigenvalue weighted by Gasteiger charge is -2.14. The van der Waals surface area contributed by atoms with Crippen LogP contribution in [0.3, 0.4) is 0 Å². The minimum Gasteiger partial charge on any atom is -0.298 e. The van der Waals surface area contributed by atoms with Gasteiger partial charge in [0, 0.05) is 11.8 Å². The lowest BCUT2D eigenvalue weighted by Crippen LogP contribution is -1.98. The van der Waals surface area contributed by atoms with E-state index in [9.17, 15) is 4.79 Å². The molecule has 0 saturated heterocycles. The SMILES string of the molecule is Cc1ccccc1/C(CCCCCl)=C(\C=O)CCCCCl. The predicted molar refractivity (Wildman–Crippen MR) is 93.3 cm³/mol. The number of carbonyl (C=O) groups excluding carboxylic acids is 1. The zero-order chi connectivity index (χ0) is 15.5. The van der Waals surface area contributed by atoms with Gasteiger partial charge in [-0.25, -0.2) is 0 Å². The molecule has 21 heavy (non-hydrogen) atoms. The van der Waals surface area contributed by atoms with Gasteiger partial charge in [-0.1, -0.05) is 24.3 Å². The van der Waals surface area contributed by atoms with Crippen molar-refractivity contribution in [2.75, 3.05) is 11.8 Å². The molecular weight excluding hydrogens is 303 g/mol. The lowest BCUT2D eigenvalue weighted by atomic mass is 9.90. The van der Waals surface area contributed by atoms with Crippen LogP contribution in [0.5, 0.6) is 0 Å². The van der Waals surface area contributed by atoms with E-state index in [1.165, 1.54) is 16.7 Å². The molecule has 0 atom stereocenters. The van der Waals surface area contributed by atoms with E-state index in [1.807, 2.05) is 12.1 Å². The van der Waals surface area contributed by atoms with Gasteiger partial charge in [0.1, 0.15) is 6.29 Å². The number of carbonyl (C=O) groups is 1. The van der Waals surface area contributed by atoms with Crippen molar-refractivity contribution in [3.8, 4) is 0 Å². The molecule has 0 aliphatic carbocycles. The van der Waals surface area contributed by atoms with E-state index in [1.54, 1.807) is 0 Å². The summed E-state index contributed by atoms with van der Waals surface area (Å²) < 4.78 is 0. The van der Waals surface area contributed by atoms with Gasteiger partial charge in [0.25, 0.3) is 0 Å². The number of rotatable bonds is 10. The molecule has 0 spiro atoms. The molecule has 0 N–H and O–H groups in total. The van der Waals surface area contributed by atoms with Crippen LogP contribution < -0.4 is 0 Å². The second kappa shape index (κ2) is 10.9. The molecule has 1 nitrogen and oxygen atoms in total. The summed E-state index contributed by atoms with van der Waals surface area (Å²) in [4.78, 5) is 11.5. The smallest absolute Gasteiger partial charge is 0.146 e. The lowest BCUT2D eigenvalue weighted by molar-refractivity contribution is -0.105. The van der Waals surface area contributed by atoms with E-state index < -0.39 is 0 Å². The van der Waals surface area contributed by atoms with E-state index in [0.717, 1.165) is 50.4 Å². The Morgan fingerprint density at radius 2 is 1.62 bits per heavy atom. The summed E-state index contributed by atoms with van der Waals surface area (Å²) in [6.45, 7) is 2.10. The highest BCUT2D eigenvalue weighted by atomic mass is 35.5. The maximum absolute atomic E-state index is 11.5. The number of benzene rings is 1. The Morgan fingerprint density at radius 1 is 1.00 bits per heavy atom. The second-order valence-corrected chi connectivity index (χ2v) is 5.98. The first-order valence-electron chi connectivity index (χ1n) is 7.59. The first-order chi connectivity index (χ1) is 10.2. The Bertz CT molecular complexity index is 466. The highest BCUT2D eigenvalue weighted by Crippen LogP contribution is 2.29. The third-order valence-electron chi connectivity index (χ3n) is 3.64. The highest BCUT2D eigenvalue weighted by Gasteiger charge is 2.11. The molecule has 116 valence electrons. The highest BCUT2D eigenvalue weighted by molar-refractivity contribution is 6.18. The number of allylic oxidation sites excluding steroid dienone is 2. The first-order valence-corrected chi connectivity index (χ1v) is 8.66. The average molecular weight is 327 g/mol. The van der Waals surface area contributed by atoms with E-state index in [-0.39, 0.29) is 0 Å². The number of hydrogen-bond acceptors (Lipinski definition) is 1. The number of unbranched alkanes of at least 4 members (excludes halogenated alkanes) is 2. The van der Waals surface area contributed by atoms with Crippen LogP contribution in [0.1, 0.15) is 49.7 Å². The van der Waals surface area contributed by atoms with E-state index in [4.69, 9.17) is 23.2 Å². The maximum Gasteiger partial charge on any atom is 0.146 e. The first kappa shape index (κ1) is 18.3. The summed E-state index contributed by atoms with van der Waals surface area (Å²) in [7, 11) is 0. The number of aldehydes is 1. The standard InChI is InChI=1S/C18H24Cl2O/c1-15-8-2-3-10-17(15)18(11-5-7-13-20)16(14-21)9-4-6-12-19/h2-3,8,10,14H,4-7,9,11-13H2,1H3/b18-16-. The Hall–Kier alpha value is -0.790. The monoisotopic (exact) mass is 326 g/mol. The van der Waals surface area contributed by atoms with Gasteiger partial charge in [-0.3, -0.25) is 4.79 Å². The summed E-state index contributed by atoms with van der Waals surface area (Å²) >= 11 is 11.5. The Morgan fingerprint density at radius 3 is 2.19 bits per heavy atom.